The molecule has 0 aliphatic rings. The van der Waals surface area contributed by atoms with E-state index in [4.69, 9.17) is 16.3 Å². The van der Waals surface area contributed by atoms with Crippen molar-refractivity contribution in [2.45, 2.75) is 32.9 Å². The first-order chi connectivity index (χ1) is 8.81. The van der Waals surface area contributed by atoms with Crippen molar-refractivity contribution in [3.63, 3.8) is 0 Å². The number of nitrogens with one attached hydrogen (secondary N) is 1. The molecule has 0 aromatic heterocycles. The lowest BCUT2D eigenvalue weighted by atomic mass is 10.1. The molecule has 0 atom stereocenters. The molecule has 0 saturated carbocycles. The Morgan fingerprint density at radius 2 is 2.05 bits per heavy atom. The molecule has 0 bridgehead atoms. The number of esters is 1. The third-order valence-electron chi connectivity index (χ3n) is 2.40. The van der Waals surface area contributed by atoms with Crippen LogP contribution in [0.25, 0.3) is 0 Å². The lowest BCUT2D eigenvalue weighted by Crippen LogP contribution is -2.35. The largest absolute Gasteiger partial charge is 0.482 e. The molecule has 1 N–H and O–H groups in total. The Balaban J connectivity index is 2.76. The third kappa shape index (κ3) is 5.94. The maximum absolute atomic E-state index is 11.1. The molecule has 4 nitrogen and oxygen atoms in total. The number of halogens is 1. The van der Waals surface area contributed by atoms with E-state index in [-0.39, 0.29) is 12.1 Å². The third-order valence-corrected chi connectivity index (χ3v) is 2.64. The second-order valence-corrected chi connectivity index (χ2v) is 5.66. The van der Waals surface area contributed by atoms with Gasteiger partial charge < -0.3 is 14.8 Å². The van der Waals surface area contributed by atoms with Gasteiger partial charge in [0.1, 0.15) is 5.75 Å². The van der Waals surface area contributed by atoms with E-state index in [1.54, 1.807) is 12.1 Å². The molecule has 0 fully saturated rings. The Morgan fingerprint density at radius 1 is 1.37 bits per heavy atom. The number of benzene rings is 1. The monoisotopic (exact) mass is 285 g/mol. The summed E-state index contributed by atoms with van der Waals surface area (Å²) >= 11 is 5.98. The number of hydrogen-bond donors (Lipinski definition) is 1. The molecule has 1 rings (SSSR count). The molecule has 0 aliphatic heterocycles. The zero-order valence-electron chi connectivity index (χ0n) is 11.7. The van der Waals surface area contributed by atoms with Crippen LogP contribution in [0.4, 0.5) is 0 Å². The van der Waals surface area contributed by atoms with E-state index in [0.29, 0.717) is 17.3 Å². The quantitative estimate of drug-likeness (QED) is 0.845. The van der Waals surface area contributed by atoms with Crippen molar-refractivity contribution < 1.29 is 14.3 Å². The van der Waals surface area contributed by atoms with E-state index >= 15 is 0 Å². The first-order valence-electron chi connectivity index (χ1n) is 6.05. The summed E-state index contributed by atoms with van der Waals surface area (Å²) in [5.74, 6) is 0.219. The molecule has 5 heteroatoms. The molecule has 19 heavy (non-hydrogen) atoms. The van der Waals surface area contributed by atoms with Gasteiger partial charge in [-0.1, -0.05) is 11.6 Å². The number of carbonyl (C=O) groups is 1. The van der Waals surface area contributed by atoms with E-state index in [9.17, 15) is 4.79 Å². The van der Waals surface area contributed by atoms with E-state index in [0.717, 1.165) is 5.56 Å². The topological polar surface area (TPSA) is 47.6 Å². The fraction of sp³-hybridized carbons (Fsp3) is 0.500. The van der Waals surface area contributed by atoms with E-state index < -0.39 is 5.97 Å². The van der Waals surface area contributed by atoms with Crippen molar-refractivity contribution in [3.05, 3.63) is 28.8 Å². The molecule has 0 heterocycles. The van der Waals surface area contributed by atoms with Gasteiger partial charge in [0.25, 0.3) is 0 Å². The minimum absolute atomic E-state index is 0.0120. The van der Waals surface area contributed by atoms with Gasteiger partial charge in [0.05, 0.1) is 7.11 Å². The summed E-state index contributed by atoms with van der Waals surface area (Å²) in [4.78, 5) is 11.1. The fourth-order valence-electron chi connectivity index (χ4n) is 1.38. The van der Waals surface area contributed by atoms with E-state index in [2.05, 4.69) is 30.8 Å². The van der Waals surface area contributed by atoms with Crippen LogP contribution in [0.1, 0.15) is 26.3 Å². The van der Waals surface area contributed by atoms with Gasteiger partial charge in [0.15, 0.2) is 6.61 Å². The van der Waals surface area contributed by atoms with Gasteiger partial charge in [-0.15, -0.1) is 0 Å². The normalized spacial score (nSPS) is 11.2. The molecule has 0 aliphatic carbocycles. The molecular weight excluding hydrogens is 266 g/mol. The number of carbonyl (C=O) groups excluding carboxylic acids is 1. The predicted octanol–water partition coefficient (Wildman–Crippen LogP) is 2.78. The highest BCUT2D eigenvalue weighted by atomic mass is 35.5. The van der Waals surface area contributed by atoms with Gasteiger partial charge in [-0.3, -0.25) is 0 Å². The fourth-order valence-corrected chi connectivity index (χ4v) is 1.58. The van der Waals surface area contributed by atoms with Gasteiger partial charge >= 0.3 is 5.97 Å². The Kier molecular flexibility index (Phi) is 5.63. The number of hydrogen-bond acceptors (Lipinski definition) is 4. The highest BCUT2D eigenvalue weighted by Gasteiger charge is 2.12. The maximum Gasteiger partial charge on any atom is 0.343 e. The summed E-state index contributed by atoms with van der Waals surface area (Å²) in [5.41, 5.74) is 0.897. The summed E-state index contributed by atoms with van der Waals surface area (Å²) in [6.45, 7) is 6.73. The van der Waals surface area contributed by atoms with Gasteiger partial charge in [-0.05, 0) is 39.0 Å². The highest BCUT2D eigenvalue weighted by molar-refractivity contribution is 6.30. The van der Waals surface area contributed by atoms with Crippen LogP contribution in [0.15, 0.2) is 18.2 Å². The summed E-state index contributed by atoms with van der Waals surface area (Å²) in [6, 6.07) is 5.31. The molecule has 0 radical (unpaired) electrons. The van der Waals surface area contributed by atoms with Crippen LogP contribution < -0.4 is 10.1 Å². The SMILES string of the molecule is COC(=O)COc1ccc(Cl)cc1CNC(C)(C)C. The Hall–Kier alpha value is -1.26. The van der Waals surface area contributed by atoms with Crippen molar-refractivity contribution >= 4 is 17.6 Å². The standard InChI is InChI=1S/C14H20ClNO3/c1-14(2,3)16-8-10-7-11(15)5-6-12(10)19-9-13(17)18-4/h5-7,16H,8-9H2,1-4H3. The Labute approximate surface area is 119 Å². The number of ether oxygens (including phenoxy) is 2. The minimum atomic E-state index is -0.412. The Bertz CT molecular complexity index is 441. The van der Waals surface area contributed by atoms with Crippen molar-refractivity contribution in [3.8, 4) is 5.75 Å². The molecule has 106 valence electrons. The van der Waals surface area contributed by atoms with Crippen LogP contribution in [0.2, 0.25) is 5.02 Å². The zero-order valence-corrected chi connectivity index (χ0v) is 12.5. The summed E-state index contributed by atoms with van der Waals surface area (Å²) in [7, 11) is 1.33. The smallest absolute Gasteiger partial charge is 0.343 e. The number of rotatable bonds is 5. The van der Waals surface area contributed by atoms with Crippen molar-refractivity contribution in [1.29, 1.82) is 0 Å². The van der Waals surface area contributed by atoms with E-state index in [1.165, 1.54) is 7.11 Å². The van der Waals surface area contributed by atoms with Crippen LogP contribution in [0, 0.1) is 0 Å². The molecule has 0 unspecified atom stereocenters. The van der Waals surface area contributed by atoms with Gasteiger partial charge in [-0.2, -0.15) is 0 Å². The molecule has 0 spiro atoms. The molecular formula is C14H20ClNO3. The van der Waals surface area contributed by atoms with Crippen molar-refractivity contribution in [1.82, 2.24) is 5.32 Å². The average molecular weight is 286 g/mol. The number of methoxy groups -OCH3 is 1. The zero-order chi connectivity index (χ0) is 14.5. The lowest BCUT2D eigenvalue weighted by molar-refractivity contribution is -0.142. The van der Waals surface area contributed by atoms with Crippen molar-refractivity contribution in [2.24, 2.45) is 0 Å². The van der Waals surface area contributed by atoms with Crippen LogP contribution in [-0.2, 0) is 16.1 Å². The van der Waals surface area contributed by atoms with Gasteiger partial charge in [-0.25, -0.2) is 4.79 Å². The minimum Gasteiger partial charge on any atom is -0.482 e. The highest BCUT2D eigenvalue weighted by Crippen LogP contribution is 2.23. The van der Waals surface area contributed by atoms with Gasteiger partial charge in [0, 0.05) is 22.7 Å². The second kappa shape index (κ2) is 6.78. The molecule has 1 aromatic carbocycles. The molecule has 0 saturated heterocycles. The first-order valence-corrected chi connectivity index (χ1v) is 6.42. The van der Waals surface area contributed by atoms with Gasteiger partial charge in [0.2, 0.25) is 0 Å². The molecule has 1 aromatic rings. The van der Waals surface area contributed by atoms with Crippen LogP contribution >= 0.6 is 11.6 Å². The van der Waals surface area contributed by atoms with Crippen LogP contribution in [0.3, 0.4) is 0 Å². The molecule has 0 amide bonds. The summed E-state index contributed by atoms with van der Waals surface area (Å²) in [6.07, 6.45) is 0. The van der Waals surface area contributed by atoms with Crippen LogP contribution in [-0.4, -0.2) is 25.2 Å². The Morgan fingerprint density at radius 3 is 2.63 bits per heavy atom. The second-order valence-electron chi connectivity index (χ2n) is 5.22. The van der Waals surface area contributed by atoms with Crippen LogP contribution in [0.5, 0.6) is 5.75 Å². The average Bonchev–Trinajstić information content (AvgIpc) is 2.33. The first kappa shape index (κ1) is 15.8. The van der Waals surface area contributed by atoms with Crippen molar-refractivity contribution in [2.75, 3.05) is 13.7 Å². The summed E-state index contributed by atoms with van der Waals surface area (Å²) < 4.78 is 9.98. The van der Waals surface area contributed by atoms with E-state index in [1.807, 2.05) is 6.07 Å². The maximum atomic E-state index is 11.1. The lowest BCUT2D eigenvalue weighted by Gasteiger charge is -2.21. The predicted molar refractivity (Wildman–Crippen MR) is 75.6 cm³/mol. The summed E-state index contributed by atoms with van der Waals surface area (Å²) in [5, 5.41) is 3.99.